The Bertz CT molecular complexity index is 498. The monoisotopic (exact) mass is 289 g/mol. The number of oxime groups is 1. The Hall–Kier alpha value is -2.25. The van der Waals surface area contributed by atoms with Gasteiger partial charge in [-0.3, -0.25) is 4.79 Å². The number of nitrogens with one attached hydrogen (secondary N) is 1. The zero-order valence-corrected chi connectivity index (χ0v) is 10.6. The second-order valence-corrected chi connectivity index (χ2v) is 4.25. The molecular formula is C12H14F3N3O2. The van der Waals surface area contributed by atoms with Gasteiger partial charge in [-0.1, -0.05) is 5.16 Å². The van der Waals surface area contributed by atoms with Gasteiger partial charge in [0.2, 0.25) is 0 Å². The highest BCUT2D eigenvalue weighted by Crippen LogP contribution is 2.29. The van der Waals surface area contributed by atoms with Crippen LogP contribution in [0, 0.1) is 0 Å². The van der Waals surface area contributed by atoms with Crippen LogP contribution in [0.1, 0.15) is 29.3 Å². The van der Waals surface area contributed by atoms with Gasteiger partial charge in [-0.15, -0.1) is 0 Å². The van der Waals surface area contributed by atoms with E-state index in [-0.39, 0.29) is 17.8 Å². The Morgan fingerprint density at radius 1 is 1.40 bits per heavy atom. The average molecular weight is 289 g/mol. The molecule has 0 aliphatic rings. The second-order valence-electron chi connectivity index (χ2n) is 4.25. The van der Waals surface area contributed by atoms with E-state index in [9.17, 15) is 18.0 Å². The van der Waals surface area contributed by atoms with Crippen molar-refractivity contribution in [3.63, 3.8) is 0 Å². The summed E-state index contributed by atoms with van der Waals surface area (Å²) in [5.74, 6) is -0.581. The van der Waals surface area contributed by atoms with E-state index < -0.39 is 23.7 Å². The van der Waals surface area contributed by atoms with Gasteiger partial charge in [-0.25, -0.2) is 0 Å². The van der Waals surface area contributed by atoms with E-state index in [0.29, 0.717) is 0 Å². The summed E-state index contributed by atoms with van der Waals surface area (Å²) in [6, 6.07) is 3.44. The summed E-state index contributed by atoms with van der Waals surface area (Å²) in [6.45, 7) is 1.63. The number of alkyl halides is 3. The Morgan fingerprint density at radius 3 is 2.40 bits per heavy atom. The topological polar surface area (TPSA) is 87.7 Å². The lowest BCUT2D eigenvalue weighted by molar-refractivity contribution is -0.137. The molecule has 0 radical (unpaired) electrons. The molecule has 0 aliphatic carbocycles. The molecule has 1 aromatic carbocycles. The Morgan fingerprint density at radius 2 is 1.95 bits per heavy atom. The van der Waals surface area contributed by atoms with Crippen LogP contribution in [0.5, 0.6) is 0 Å². The minimum absolute atomic E-state index is 0.0507. The number of hydrogen-bond acceptors (Lipinski definition) is 3. The van der Waals surface area contributed by atoms with E-state index >= 15 is 0 Å². The summed E-state index contributed by atoms with van der Waals surface area (Å²) in [5.41, 5.74) is 4.56. The smallest absolute Gasteiger partial charge is 0.409 e. The number of amidine groups is 1. The molecular weight excluding hydrogens is 275 g/mol. The van der Waals surface area contributed by atoms with Crippen molar-refractivity contribution < 1.29 is 23.2 Å². The molecule has 20 heavy (non-hydrogen) atoms. The molecule has 4 N–H and O–H groups in total. The van der Waals surface area contributed by atoms with Crippen LogP contribution >= 0.6 is 0 Å². The van der Waals surface area contributed by atoms with E-state index in [0.717, 1.165) is 24.3 Å². The van der Waals surface area contributed by atoms with Crippen molar-refractivity contribution in [2.24, 2.45) is 10.9 Å². The number of nitrogens with two attached hydrogens (primary N) is 1. The van der Waals surface area contributed by atoms with Crippen LogP contribution in [-0.4, -0.2) is 23.0 Å². The van der Waals surface area contributed by atoms with Gasteiger partial charge in [0.15, 0.2) is 0 Å². The molecule has 1 unspecified atom stereocenters. The van der Waals surface area contributed by atoms with Gasteiger partial charge in [0.25, 0.3) is 5.91 Å². The van der Waals surface area contributed by atoms with Gasteiger partial charge in [0.1, 0.15) is 5.84 Å². The van der Waals surface area contributed by atoms with Crippen molar-refractivity contribution in [2.75, 3.05) is 0 Å². The number of nitrogens with zero attached hydrogens (tertiary/aromatic N) is 1. The van der Waals surface area contributed by atoms with Gasteiger partial charge < -0.3 is 16.3 Å². The first-order chi connectivity index (χ1) is 9.24. The number of halogens is 3. The molecule has 0 saturated carbocycles. The van der Waals surface area contributed by atoms with Crippen molar-refractivity contribution in [2.45, 2.75) is 25.6 Å². The molecule has 1 aromatic rings. The molecule has 5 nitrogen and oxygen atoms in total. The first kappa shape index (κ1) is 15.8. The Labute approximate surface area is 113 Å². The van der Waals surface area contributed by atoms with E-state index in [1.807, 2.05) is 0 Å². The molecule has 0 aliphatic heterocycles. The predicted octanol–water partition coefficient (Wildman–Crippen LogP) is 1.96. The summed E-state index contributed by atoms with van der Waals surface area (Å²) < 4.78 is 37.1. The van der Waals surface area contributed by atoms with Gasteiger partial charge in [0.05, 0.1) is 5.56 Å². The summed E-state index contributed by atoms with van der Waals surface area (Å²) in [6.07, 6.45) is -4.31. The Balaban J connectivity index is 2.69. The molecule has 1 amide bonds. The van der Waals surface area contributed by atoms with Crippen LogP contribution in [0.4, 0.5) is 13.2 Å². The summed E-state index contributed by atoms with van der Waals surface area (Å²) >= 11 is 0. The third-order valence-corrected chi connectivity index (χ3v) is 2.50. The molecule has 0 fully saturated rings. The molecule has 110 valence electrons. The Kier molecular flexibility index (Phi) is 4.95. The van der Waals surface area contributed by atoms with Crippen molar-refractivity contribution in [3.05, 3.63) is 35.4 Å². The highest BCUT2D eigenvalue weighted by molar-refractivity contribution is 5.94. The maximum Gasteiger partial charge on any atom is 0.416 e. The fourth-order valence-corrected chi connectivity index (χ4v) is 1.52. The van der Waals surface area contributed by atoms with E-state index in [2.05, 4.69) is 10.5 Å². The van der Waals surface area contributed by atoms with Gasteiger partial charge in [0, 0.05) is 18.0 Å². The largest absolute Gasteiger partial charge is 0.416 e. The third-order valence-electron chi connectivity index (χ3n) is 2.50. The summed E-state index contributed by atoms with van der Waals surface area (Å²) in [4.78, 5) is 11.8. The van der Waals surface area contributed by atoms with Crippen molar-refractivity contribution in [1.82, 2.24) is 5.32 Å². The average Bonchev–Trinajstić information content (AvgIpc) is 2.37. The van der Waals surface area contributed by atoms with E-state index in [1.54, 1.807) is 6.92 Å². The van der Waals surface area contributed by atoms with Crippen molar-refractivity contribution in [1.29, 1.82) is 0 Å². The van der Waals surface area contributed by atoms with Gasteiger partial charge >= 0.3 is 6.18 Å². The first-order valence-electron chi connectivity index (χ1n) is 5.68. The predicted molar refractivity (Wildman–Crippen MR) is 66.4 cm³/mol. The zero-order chi connectivity index (χ0) is 15.3. The highest BCUT2D eigenvalue weighted by Gasteiger charge is 2.30. The second kappa shape index (κ2) is 6.27. The van der Waals surface area contributed by atoms with Gasteiger partial charge in [-0.2, -0.15) is 13.2 Å². The molecule has 0 bridgehead atoms. The molecule has 0 aromatic heterocycles. The standard InChI is InChI=1S/C12H14F3N3O2/c1-7(6-10(16)18-20)17-11(19)8-2-4-9(5-3-8)12(13,14)15/h2-5,7,20H,6H2,1H3,(H2,16,18)(H,17,19). The molecule has 0 saturated heterocycles. The maximum absolute atomic E-state index is 12.4. The quantitative estimate of drug-likeness (QED) is 0.343. The summed E-state index contributed by atoms with van der Waals surface area (Å²) in [7, 11) is 0. The highest BCUT2D eigenvalue weighted by atomic mass is 19.4. The zero-order valence-electron chi connectivity index (χ0n) is 10.6. The number of amides is 1. The lowest BCUT2D eigenvalue weighted by atomic mass is 10.1. The fourth-order valence-electron chi connectivity index (χ4n) is 1.52. The fraction of sp³-hybridized carbons (Fsp3) is 0.333. The minimum Gasteiger partial charge on any atom is -0.409 e. The van der Waals surface area contributed by atoms with E-state index in [1.165, 1.54) is 0 Å². The molecule has 8 heteroatoms. The SMILES string of the molecule is CC(CC(N)=NO)NC(=O)c1ccc(C(F)(F)F)cc1. The van der Waals surface area contributed by atoms with Crippen LogP contribution in [0.2, 0.25) is 0 Å². The van der Waals surface area contributed by atoms with Crippen molar-refractivity contribution >= 4 is 11.7 Å². The van der Waals surface area contributed by atoms with Crippen LogP contribution in [0.3, 0.4) is 0 Å². The lowest BCUT2D eigenvalue weighted by Crippen LogP contribution is -2.35. The number of benzene rings is 1. The van der Waals surface area contributed by atoms with E-state index in [4.69, 9.17) is 10.9 Å². The molecule has 1 atom stereocenters. The molecule has 0 heterocycles. The lowest BCUT2D eigenvalue weighted by Gasteiger charge is -2.13. The van der Waals surface area contributed by atoms with Crippen LogP contribution < -0.4 is 11.1 Å². The number of carbonyl (C=O) groups excluding carboxylic acids is 1. The molecule has 0 spiro atoms. The van der Waals surface area contributed by atoms with Crippen LogP contribution in [0.25, 0.3) is 0 Å². The van der Waals surface area contributed by atoms with Crippen LogP contribution in [-0.2, 0) is 6.18 Å². The molecule has 1 rings (SSSR count). The normalized spacial score (nSPS) is 13.9. The minimum atomic E-state index is -4.44. The van der Waals surface area contributed by atoms with Crippen molar-refractivity contribution in [3.8, 4) is 0 Å². The number of carbonyl (C=O) groups is 1. The summed E-state index contributed by atoms with van der Waals surface area (Å²) in [5, 5.41) is 13.7. The maximum atomic E-state index is 12.4. The third kappa shape index (κ3) is 4.45. The van der Waals surface area contributed by atoms with Gasteiger partial charge in [-0.05, 0) is 31.2 Å². The van der Waals surface area contributed by atoms with Crippen LogP contribution in [0.15, 0.2) is 29.4 Å². The number of hydrogen-bond donors (Lipinski definition) is 3. The first-order valence-corrected chi connectivity index (χ1v) is 5.68. The number of rotatable bonds is 4.